The number of amides is 1. The van der Waals surface area contributed by atoms with Gasteiger partial charge in [-0.15, -0.1) is 21.5 Å². The quantitative estimate of drug-likeness (QED) is 0.489. The molecule has 1 aliphatic heterocycles. The standard InChI is InChI=1S/C21H24N4O3S3/c1-2-3-4-9-18-23-24-21(30-18)22-20(26)19-17(11-13-29-19)31(27,28)25-12-10-15-7-5-6-8-16(15)14-25/h5-8,11,13H,2-4,9-10,12,14H2,1H3,(H,22,24,26). The Bertz CT molecular complexity index is 1170. The minimum Gasteiger partial charge on any atom is -0.296 e. The first-order valence-electron chi connectivity index (χ1n) is 10.3. The Labute approximate surface area is 190 Å². The fraction of sp³-hybridized carbons (Fsp3) is 0.381. The molecule has 7 nitrogen and oxygen atoms in total. The highest BCUT2D eigenvalue weighted by atomic mass is 32.2. The molecule has 1 aliphatic rings. The lowest BCUT2D eigenvalue weighted by molar-refractivity contribution is 0.102. The summed E-state index contributed by atoms with van der Waals surface area (Å²) in [6.07, 6.45) is 4.77. The second-order valence-corrected chi connectivity index (χ2v) is 11.3. The number of anilines is 1. The molecule has 0 fully saturated rings. The summed E-state index contributed by atoms with van der Waals surface area (Å²) in [6.45, 7) is 2.85. The van der Waals surface area contributed by atoms with Crippen LogP contribution in [0, 0.1) is 0 Å². The van der Waals surface area contributed by atoms with Gasteiger partial charge in [0.15, 0.2) is 0 Å². The molecule has 0 spiro atoms. The first kappa shape index (κ1) is 22.1. The third kappa shape index (κ3) is 4.87. The van der Waals surface area contributed by atoms with Gasteiger partial charge in [0, 0.05) is 19.5 Å². The van der Waals surface area contributed by atoms with Crippen LogP contribution in [-0.4, -0.2) is 35.4 Å². The van der Waals surface area contributed by atoms with Gasteiger partial charge in [-0.1, -0.05) is 55.4 Å². The largest absolute Gasteiger partial charge is 0.296 e. The predicted molar refractivity (Wildman–Crippen MR) is 123 cm³/mol. The number of nitrogens with zero attached hydrogens (tertiary/aromatic N) is 3. The summed E-state index contributed by atoms with van der Waals surface area (Å²) in [6, 6.07) is 9.36. The number of rotatable bonds is 8. The van der Waals surface area contributed by atoms with E-state index in [0.717, 1.165) is 47.6 Å². The summed E-state index contributed by atoms with van der Waals surface area (Å²) >= 11 is 2.45. The van der Waals surface area contributed by atoms with E-state index in [2.05, 4.69) is 22.4 Å². The third-order valence-corrected chi connectivity index (χ3v) is 9.06. The molecule has 4 rings (SSSR count). The fourth-order valence-electron chi connectivity index (χ4n) is 3.57. The van der Waals surface area contributed by atoms with Gasteiger partial charge in [0.25, 0.3) is 5.91 Å². The highest BCUT2D eigenvalue weighted by Crippen LogP contribution is 2.30. The number of unbranched alkanes of at least 4 members (excludes halogenated alkanes) is 2. The van der Waals surface area contributed by atoms with E-state index in [9.17, 15) is 13.2 Å². The smallest absolute Gasteiger partial charge is 0.268 e. The van der Waals surface area contributed by atoms with Crippen LogP contribution >= 0.6 is 22.7 Å². The first-order chi connectivity index (χ1) is 15.0. The zero-order chi connectivity index (χ0) is 21.8. The summed E-state index contributed by atoms with van der Waals surface area (Å²) in [4.78, 5) is 13.1. The molecule has 0 radical (unpaired) electrons. The van der Waals surface area contributed by atoms with E-state index in [-0.39, 0.29) is 9.77 Å². The number of aromatic nitrogens is 2. The monoisotopic (exact) mass is 476 g/mol. The number of carbonyl (C=O) groups is 1. The molecule has 10 heteroatoms. The van der Waals surface area contributed by atoms with Crippen molar-refractivity contribution in [2.24, 2.45) is 0 Å². The lowest BCUT2D eigenvalue weighted by atomic mass is 10.0. The maximum atomic E-state index is 13.3. The molecule has 0 bridgehead atoms. The van der Waals surface area contributed by atoms with E-state index in [1.165, 1.54) is 27.3 Å². The number of benzene rings is 1. The Kier molecular flexibility index (Phi) is 6.80. The highest BCUT2D eigenvalue weighted by molar-refractivity contribution is 7.89. The van der Waals surface area contributed by atoms with E-state index in [1.807, 2.05) is 24.3 Å². The predicted octanol–water partition coefficient (Wildman–Crippen LogP) is 4.33. The summed E-state index contributed by atoms with van der Waals surface area (Å²) in [7, 11) is -3.79. The summed E-state index contributed by atoms with van der Waals surface area (Å²) < 4.78 is 28.1. The zero-order valence-electron chi connectivity index (χ0n) is 17.2. The van der Waals surface area contributed by atoms with Crippen LogP contribution < -0.4 is 5.32 Å². The minimum absolute atomic E-state index is 0.0436. The lowest BCUT2D eigenvalue weighted by Gasteiger charge is -2.28. The normalized spacial score (nSPS) is 14.4. The second-order valence-electron chi connectivity index (χ2n) is 7.38. The zero-order valence-corrected chi connectivity index (χ0v) is 19.7. The van der Waals surface area contributed by atoms with Crippen molar-refractivity contribution in [1.29, 1.82) is 0 Å². The van der Waals surface area contributed by atoms with E-state index in [0.29, 0.717) is 24.6 Å². The van der Waals surface area contributed by atoms with Crippen molar-refractivity contribution < 1.29 is 13.2 Å². The molecule has 0 aliphatic carbocycles. The van der Waals surface area contributed by atoms with Crippen LogP contribution in [0.5, 0.6) is 0 Å². The molecule has 31 heavy (non-hydrogen) atoms. The second kappa shape index (κ2) is 9.56. The molecule has 3 heterocycles. The summed E-state index contributed by atoms with van der Waals surface area (Å²) in [5, 5.41) is 13.8. The molecule has 0 atom stereocenters. The Morgan fingerprint density at radius 1 is 1.16 bits per heavy atom. The third-order valence-electron chi connectivity index (χ3n) is 5.23. The molecule has 2 aromatic heterocycles. The van der Waals surface area contributed by atoms with Gasteiger partial charge in [-0.25, -0.2) is 8.42 Å². The van der Waals surface area contributed by atoms with Crippen LogP contribution in [-0.2, 0) is 29.4 Å². The number of aryl methyl sites for hydroxylation is 1. The van der Waals surface area contributed by atoms with E-state index in [1.54, 1.807) is 5.38 Å². The molecule has 0 unspecified atom stereocenters. The van der Waals surface area contributed by atoms with Gasteiger partial charge in [-0.05, 0) is 35.4 Å². The van der Waals surface area contributed by atoms with Crippen LogP contribution in [0.15, 0.2) is 40.6 Å². The Balaban J connectivity index is 1.49. The van der Waals surface area contributed by atoms with Crippen molar-refractivity contribution in [3.8, 4) is 0 Å². The fourth-order valence-corrected chi connectivity index (χ4v) is 7.06. The van der Waals surface area contributed by atoms with Crippen molar-refractivity contribution in [3.63, 3.8) is 0 Å². The number of fused-ring (bicyclic) bond motifs is 1. The Morgan fingerprint density at radius 2 is 1.97 bits per heavy atom. The van der Waals surface area contributed by atoms with Gasteiger partial charge in [-0.2, -0.15) is 4.31 Å². The average molecular weight is 477 g/mol. The van der Waals surface area contributed by atoms with Gasteiger partial charge in [-0.3, -0.25) is 10.1 Å². The Hall–Kier alpha value is -2.14. The van der Waals surface area contributed by atoms with Crippen LogP contribution in [0.1, 0.15) is 52.0 Å². The molecular weight excluding hydrogens is 452 g/mol. The molecule has 0 saturated carbocycles. The summed E-state index contributed by atoms with van der Waals surface area (Å²) in [5.41, 5.74) is 2.17. The van der Waals surface area contributed by atoms with Gasteiger partial charge in [0.05, 0.1) is 0 Å². The van der Waals surface area contributed by atoms with Crippen molar-refractivity contribution in [3.05, 3.63) is 56.7 Å². The lowest BCUT2D eigenvalue weighted by Crippen LogP contribution is -2.36. The number of hydrogen-bond donors (Lipinski definition) is 1. The van der Waals surface area contributed by atoms with Crippen LogP contribution in [0.3, 0.4) is 0 Å². The highest BCUT2D eigenvalue weighted by Gasteiger charge is 2.32. The average Bonchev–Trinajstić information content (AvgIpc) is 3.44. The van der Waals surface area contributed by atoms with Crippen LogP contribution in [0.25, 0.3) is 0 Å². The topological polar surface area (TPSA) is 92.3 Å². The van der Waals surface area contributed by atoms with Gasteiger partial charge in [0.1, 0.15) is 14.8 Å². The molecule has 3 aromatic rings. The summed E-state index contributed by atoms with van der Waals surface area (Å²) in [5.74, 6) is -0.470. The van der Waals surface area contributed by atoms with Crippen molar-refractivity contribution in [2.75, 3.05) is 11.9 Å². The van der Waals surface area contributed by atoms with Crippen molar-refractivity contribution in [1.82, 2.24) is 14.5 Å². The number of sulfonamides is 1. The molecule has 0 saturated heterocycles. The molecule has 1 amide bonds. The van der Waals surface area contributed by atoms with Gasteiger partial charge < -0.3 is 0 Å². The molecule has 1 aromatic carbocycles. The molecular formula is C21H24N4O3S3. The Morgan fingerprint density at radius 3 is 2.77 bits per heavy atom. The molecule has 1 N–H and O–H groups in total. The van der Waals surface area contributed by atoms with Gasteiger partial charge in [0.2, 0.25) is 15.2 Å². The van der Waals surface area contributed by atoms with Crippen molar-refractivity contribution >= 4 is 43.7 Å². The minimum atomic E-state index is -3.79. The van der Waals surface area contributed by atoms with E-state index >= 15 is 0 Å². The van der Waals surface area contributed by atoms with Crippen molar-refractivity contribution in [2.45, 2.75) is 50.5 Å². The van der Waals surface area contributed by atoms with E-state index < -0.39 is 15.9 Å². The maximum absolute atomic E-state index is 13.3. The molecule has 164 valence electrons. The SMILES string of the molecule is CCCCCc1nnc(NC(=O)c2sccc2S(=O)(=O)N2CCc3ccccc3C2)s1. The maximum Gasteiger partial charge on any atom is 0.268 e. The van der Waals surface area contributed by atoms with E-state index in [4.69, 9.17) is 0 Å². The number of carbonyl (C=O) groups excluding carboxylic acids is 1. The van der Waals surface area contributed by atoms with Crippen LogP contribution in [0.4, 0.5) is 5.13 Å². The van der Waals surface area contributed by atoms with Crippen LogP contribution in [0.2, 0.25) is 0 Å². The number of thiophene rings is 1. The number of nitrogens with one attached hydrogen (secondary N) is 1. The van der Waals surface area contributed by atoms with Gasteiger partial charge >= 0.3 is 0 Å². The first-order valence-corrected chi connectivity index (χ1v) is 13.4. The number of hydrogen-bond acceptors (Lipinski definition) is 7.